The van der Waals surface area contributed by atoms with Gasteiger partial charge in [0.05, 0.1) is 16.6 Å². The van der Waals surface area contributed by atoms with E-state index in [9.17, 15) is 14.0 Å². The lowest BCUT2D eigenvalue weighted by molar-refractivity contribution is -0.131. The predicted molar refractivity (Wildman–Crippen MR) is 106 cm³/mol. The predicted octanol–water partition coefficient (Wildman–Crippen LogP) is 3.35. The largest absolute Gasteiger partial charge is 0.338 e. The Kier molecular flexibility index (Phi) is 4.89. The van der Waals surface area contributed by atoms with Crippen molar-refractivity contribution in [3.05, 3.63) is 56.8 Å². The SMILES string of the molecule is Cc1nc(-c2ccc(Cl)c(Cl)c2)c2c(=O)n(CC(=O)N3CCC(F)C3)ccn12. The molecule has 1 aliphatic heterocycles. The van der Waals surface area contributed by atoms with Crippen LogP contribution in [0.25, 0.3) is 16.8 Å². The second-order valence-electron chi connectivity index (χ2n) is 6.81. The van der Waals surface area contributed by atoms with Crippen molar-refractivity contribution < 1.29 is 9.18 Å². The molecule has 0 spiro atoms. The normalized spacial score (nSPS) is 16.9. The van der Waals surface area contributed by atoms with Gasteiger partial charge >= 0.3 is 0 Å². The lowest BCUT2D eigenvalue weighted by Crippen LogP contribution is -2.35. The highest BCUT2D eigenvalue weighted by Crippen LogP contribution is 2.29. The number of nitrogens with zero attached hydrogens (tertiary/aromatic N) is 4. The van der Waals surface area contributed by atoms with Crippen molar-refractivity contribution in [3.8, 4) is 11.3 Å². The molecule has 2 aromatic heterocycles. The van der Waals surface area contributed by atoms with Crippen molar-refractivity contribution >= 4 is 34.6 Å². The number of halogens is 3. The second-order valence-corrected chi connectivity index (χ2v) is 7.63. The van der Waals surface area contributed by atoms with Gasteiger partial charge in [0.2, 0.25) is 5.91 Å². The van der Waals surface area contributed by atoms with Crippen LogP contribution in [0, 0.1) is 6.92 Å². The number of rotatable bonds is 3. The highest BCUT2D eigenvalue weighted by atomic mass is 35.5. The molecular formula is C19H17Cl2FN4O2. The van der Waals surface area contributed by atoms with Gasteiger partial charge in [-0.15, -0.1) is 0 Å². The number of benzene rings is 1. The van der Waals surface area contributed by atoms with Crippen molar-refractivity contribution in [2.75, 3.05) is 13.1 Å². The fourth-order valence-electron chi connectivity index (χ4n) is 3.44. The van der Waals surface area contributed by atoms with E-state index in [4.69, 9.17) is 23.2 Å². The van der Waals surface area contributed by atoms with E-state index < -0.39 is 6.17 Å². The third-order valence-corrected chi connectivity index (χ3v) is 5.67. The Morgan fingerprint density at radius 2 is 2.07 bits per heavy atom. The van der Waals surface area contributed by atoms with Gasteiger partial charge in [-0.3, -0.25) is 14.0 Å². The molecule has 28 heavy (non-hydrogen) atoms. The molecule has 4 rings (SSSR count). The zero-order valence-electron chi connectivity index (χ0n) is 15.0. The van der Waals surface area contributed by atoms with Crippen molar-refractivity contribution in [1.29, 1.82) is 0 Å². The van der Waals surface area contributed by atoms with E-state index >= 15 is 0 Å². The Labute approximate surface area is 170 Å². The molecule has 0 bridgehead atoms. The number of likely N-dealkylation sites (tertiary alicyclic amines) is 1. The third-order valence-electron chi connectivity index (χ3n) is 4.93. The Morgan fingerprint density at radius 3 is 2.75 bits per heavy atom. The molecule has 146 valence electrons. The minimum Gasteiger partial charge on any atom is -0.338 e. The molecule has 1 atom stereocenters. The number of alkyl halides is 1. The first-order valence-electron chi connectivity index (χ1n) is 8.80. The van der Waals surface area contributed by atoms with E-state index in [1.54, 1.807) is 41.9 Å². The Balaban J connectivity index is 1.76. The molecule has 3 aromatic rings. The van der Waals surface area contributed by atoms with Gasteiger partial charge in [0.25, 0.3) is 5.56 Å². The fourth-order valence-corrected chi connectivity index (χ4v) is 3.74. The van der Waals surface area contributed by atoms with Gasteiger partial charge in [0, 0.05) is 24.5 Å². The van der Waals surface area contributed by atoms with Gasteiger partial charge in [-0.25, -0.2) is 9.37 Å². The molecule has 9 heteroatoms. The number of fused-ring (bicyclic) bond motifs is 1. The van der Waals surface area contributed by atoms with Crippen LogP contribution in [-0.2, 0) is 11.3 Å². The smallest absolute Gasteiger partial charge is 0.277 e. The fraction of sp³-hybridized carbons (Fsp3) is 0.316. The number of carbonyl (C=O) groups is 1. The van der Waals surface area contributed by atoms with Crippen LogP contribution in [0.4, 0.5) is 4.39 Å². The number of aryl methyl sites for hydroxylation is 1. The standard InChI is InChI=1S/C19H17Cl2FN4O2/c1-11-23-17(12-2-3-14(20)15(21)8-12)18-19(28)25(6-7-26(11)18)10-16(27)24-5-4-13(22)9-24/h2-3,6-8,13H,4-5,9-10H2,1H3. The maximum absolute atomic E-state index is 13.4. The van der Waals surface area contributed by atoms with E-state index in [0.29, 0.717) is 45.6 Å². The highest BCUT2D eigenvalue weighted by molar-refractivity contribution is 6.42. The molecule has 6 nitrogen and oxygen atoms in total. The van der Waals surface area contributed by atoms with Gasteiger partial charge < -0.3 is 9.47 Å². The molecule has 1 unspecified atom stereocenters. The molecule has 0 aliphatic carbocycles. The number of imidazole rings is 1. The molecule has 3 heterocycles. The summed E-state index contributed by atoms with van der Waals surface area (Å²) < 4.78 is 16.4. The second kappa shape index (κ2) is 7.22. The van der Waals surface area contributed by atoms with Crippen LogP contribution in [0.15, 0.2) is 35.4 Å². The van der Waals surface area contributed by atoms with Crippen LogP contribution in [0.3, 0.4) is 0 Å². The number of amides is 1. The molecule has 1 aliphatic rings. The quantitative estimate of drug-likeness (QED) is 0.650. The van der Waals surface area contributed by atoms with Gasteiger partial charge in [-0.05, 0) is 25.5 Å². The lowest BCUT2D eigenvalue weighted by atomic mass is 10.1. The van der Waals surface area contributed by atoms with Crippen molar-refractivity contribution in [2.45, 2.75) is 26.1 Å². The summed E-state index contributed by atoms with van der Waals surface area (Å²) in [4.78, 5) is 31.5. The summed E-state index contributed by atoms with van der Waals surface area (Å²) in [5.41, 5.74) is 1.11. The maximum atomic E-state index is 13.4. The van der Waals surface area contributed by atoms with Crippen LogP contribution in [0.5, 0.6) is 0 Å². The lowest BCUT2D eigenvalue weighted by Gasteiger charge is -2.16. The van der Waals surface area contributed by atoms with Gasteiger partial charge in [-0.1, -0.05) is 29.3 Å². The minimum absolute atomic E-state index is 0.0795. The van der Waals surface area contributed by atoms with Crippen LogP contribution in [0.1, 0.15) is 12.2 Å². The van der Waals surface area contributed by atoms with Crippen molar-refractivity contribution in [1.82, 2.24) is 18.9 Å². The summed E-state index contributed by atoms with van der Waals surface area (Å²) in [6.07, 6.45) is 2.57. The van der Waals surface area contributed by atoms with E-state index in [-0.39, 0.29) is 24.6 Å². The van der Waals surface area contributed by atoms with E-state index in [1.807, 2.05) is 0 Å². The molecule has 1 amide bonds. The maximum Gasteiger partial charge on any atom is 0.277 e. The molecule has 1 aromatic carbocycles. The molecule has 0 radical (unpaired) electrons. The van der Waals surface area contributed by atoms with E-state index in [1.165, 1.54) is 9.47 Å². The topological polar surface area (TPSA) is 59.6 Å². The van der Waals surface area contributed by atoms with Gasteiger partial charge in [-0.2, -0.15) is 0 Å². The number of hydrogen-bond acceptors (Lipinski definition) is 3. The van der Waals surface area contributed by atoms with Gasteiger partial charge in [0.15, 0.2) is 0 Å². The summed E-state index contributed by atoms with van der Waals surface area (Å²) in [6.45, 7) is 2.09. The third kappa shape index (κ3) is 3.29. The first-order valence-corrected chi connectivity index (χ1v) is 9.56. The first-order chi connectivity index (χ1) is 13.3. The van der Waals surface area contributed by atoms with Crippen molar-refractivity contribution in [2.24, 2.45) is 0 Å². The Morgan fingerprint density at radius 1 is 1.29 bits per heavy atom. The average Bonchev–Trinajstić information content (AvgIpc) is 3.24. The molecule has 0 N–H and O–H groups in total. The Hall–Kier alpha value is -2.38. The summed E-state index contributed by atoms with van der Waals surface area (Å²) in [5, 5.41) is 0.768. The molecular weight excluding hydrogens is 406 g/mol. The summed E-state index contributed by atoms with van der Waals surface area (Å²) in [7, 11) is 0. The summed E-state index contributed by atoms with van der Waals surface area (Å²) in [5.74, 6) is 0.352. The number of hydrogen-bond donors (Lipinski definition) is 0. The summed E-state index contributed by atoms with van der Waals surface area (Å²) in [6, 6.07) is 5.04. The number of carbonyl (C=O) groups excluding carboxylic acids is 1. The minimum atomic E-state index is -0.998. The molecule has 0 saturated carbocycles. The van der Waals surface area contributed by atoms with Crippen LogP contribution in [0.2, 0.25) is 10.0 Å². The van der Waals surface area contributed by atoms with Crippen LogP contribution < -0.4 is 5.56 Å². The van der Waals surface area contributed by atoms with Crippen molar-refractivity contribution in [3.63, 3.8) is 0 Å². The first kappa shape index (κ1) is 19.0. The van der Waals surface area contributed by atoms with Crippen LogP contribution >= 0.6 is 23.2 Å². The van der Waals surface area contributed by atoms with E-state index in [2.05, 4.69) is 4.98 Å². The highest BCUT2D eigenvalue weighted by Gasteiger charge is 2.26. The zero-order chi connectivity index (χ0) is 20.0. The van der Waals surface area contributed by atoms with Gasteiger partial charge in [0.1, 0.15) is 29.8 Å². The molecule has 1 saturated heterocycles. The molecule has 1 fully saturated rings. The average molecular weight is 423 g/mol. The zero-order valence-corrected chi connectivity index (χ0v) is 16.5. The van der Waals surface area contributed by atoms with E-state index in [0.717, 1.165) is 0 Å². The summed E-state index contributed by atoms with van der Waals surface area (Å²) >= 11 is 12.1. The van der Waals surface area contributed by atoms with Crippen LogP contribution in [-0.4, -0.2) is 44.0 Å². The number of aromatic nitrogens is 3. The Bertz CT molecular complexity index is 1140. The monoisotopic (exact) mass is 422 g/mol.